The van der Waals surface area contributed by atoms with Crippen molar-refractivity contribution in [3.63, 3.8) is 0 Å². The van der Waals surface area contributed by atoms with Crippen molar-refractivity contribution in [2.45, 2.75) is 98.2 Å². The lowest BCUT2D eigenvalue weighted by molar-refractivity contribution is 0.366. The molecule has 2 heteroatoms. The van der Waals surface area contributed by atoms with E-state index in [-0.39, 0.29) is 16.2 Å². The minimum atomic E-state index is -2.16. The maximum absolute atomic E-state index is 6.40. The molecular weight excluding hydrogens is 501 g/mol. The molecule has 0 heterocycles. The quantitative estimate of drug-likeness (QED) is 0.249. The van der Waals surface area contributed by atoms with Gasteiger partial charge in [-0.3, -0.25) is 0 Å². The van der Waals surface area contributed by atoms with Crippen molar-refractivity contribution >= 4 is 24.9 Å². The fraction of sp³-hybridized carbons (Fsp3) is 0.474. The lowest BCUT2D eigenvalue weighted by atomic mass is 9.72. The van der Waals surface area contributed by atoms with Crippen LogP contribution in [0.5, 0.6) is 5.75 Å². The number of fused-ring (bicyclic) bond motifs is 3. The standard InChI is InChI=1S/C38H50OSi/c1-11-22-39-31-16-14-15-17-32(31)40(12-2,13-3)35-30-25-37(7,8)21-20-29(30)34-33(35)28-19-18-27(36(4,5)6)23-26(28)24-38(34,9)10/h11,14-19,23-25,35H,1,12-13,20-22H2,2-10H3. The second kappa shape index (κ2) is 10.1. The van der Waals surface area contributed by atoms with Gasteiger partial charge in [-0.05, 0) is 73.2 Å². The number of allylic oxidation sites excluding steroid dienone is 4. The van der Waals surface area contributed by atoms with Crippen molar-refractivity contribution in [2.75, 3.05) is 6.61 Å². The average molecular weight is 551 g/mol. The maximum atomic E-state index is 6.40. The van der Waals surface area contributed by atoms with Crippen LogP contribution in [0.1, 0.15) is 80.7 Å². The molecule has 0 fully saturated rings. The third-order valence-electron chi connectivity index (χ3n) is 10.0. The van der Waals surface area contributed by atoms with Crippen LogP contribution >= 0.6 is 0 Å². The largest absolute Gasteiger partial charge is 0.490 e. The summed E-state index contributed by atoms with van der Waals surface area (Å²) >= 11 is 0. The molecule has 212 valence electrons. The molecule has 0 aromatic heterocycles. The van der Waals surface area contributed by atoms with Crippen molar-refractivity contribution in [1.29, 1.82) is 0 Å². The summed E-state index contributed by atoms with van der Waals surface area (Å²) in [6.07, 6.45) is 9.52. The van der Waals surface area contributed by atoms with E-state index in [0.29, 0.717) is 12.1 Å². The van der Waals surface area contributed by atoms with Crippen LogP contribution in [0.2, 0.25) is 17.6 Å². The van der Waals surface area contributed by atoms with Gasteiger partial charge in [0.1, 0.15) is 20.4 Å². The van der Waals surface area contributed by atoms with Gasteiger partial charge in [-0.25, -0.2) is 0 Å². The van der Waals surface area contributed by atoms with Crippen LogP contribution in [0, 0.1) is 10.8 Å². The van der Waals surface area contributed by atoms with Crippen LogP contribution in [0.4, 0.5) is 0 Å². The Kier molecular flexibility index (Phi) is 7.27. The molecule has 3 aliphatic carbocycles. The Bertz CT molecular complexity index is 1520. The van der Waals surface area contributed by atoms with E-state index >= 15 is 0 Å². The Labute approximate surface area is 244 Å². The Morgan fingerprint density at radius 2 is 1.70 bits per heavy atom. The SMILES string of the molecule is C=CCOc1ccccc1[Si](CC)(CC)C1C2=CC(C)(C)CCC2=C2C1=c1ccc(C(C)(C)C)cc1=CC2(C)C. The van der Waals surface area contributed by atoms with E-state index in [4.69, 9.17) is 4.74 Å². The first-order valence-corrected chi connectivity index (χ1v) is 18.0. The van der Waals surface area contributed by atoms with Crippen LogP contribution in [0.3, 0.4) is 0 Å². The third-order valence-corrected chi connectivity index (χ3v) is 15.8. The molecule has 0 N–H and O–H groups in total. The molecule has 1 unspecified atom stereocenters. The Morgan fingerprint density at radius 1 is 1.00 bits per heavy atom. The molecule has 0 saturated heterocycles. The highest BCUT2D eigenvalue weighted by Gasteiger charge is 2.53. The van der Waals surface area contributed by atoms with E-state index in [0.717, 1.165) is 5.75 Å². The van der Waals surface area contributed by atoms with Crippen LogP contribution in [-0.2, 0) is 5.41 Å². The summed E-state index contributed by atoms with van der Waals surface area (Å²) in [6, 6.07) is 18.7. The number of para-hydroxylation sites is 1. The molecule has 2 aromatic rings. The lowest BCUT2D eigenvalue weighted by Crippen LogP contribution is -2.53. The Balaban J connectivity index is 1.91. The van der Waals surface area contributed by atoms with E-state index in [2.05, 4.69) is 124 Å². The average Bonchev–Trinajstić information content (AvgIpc) is 3.23. The number of rotatable bonds is 7. The van der Waals surface area contributed by atoms with E-state index < -0.39 is 8.07 Å². The molecule has 40 heavy (non-hydrogen) atoms. The number of hydrogen-bond acceptors (Lipinski definition) is 1. The summed E-state index contributed by atoms with van der Waals surface area (Å²) in [7, 11) is -2.16. The van der Waals surface area contributed by atoms with E-state index in [1.165, 1.54) is 46.1 Å². The van der Waals surface area contributed by atoms with Gasteiger partial charge in [0.2, 0.25) is 0 Å². The highest BCUT2D eigenvalue weighted by atomic mass is 28.3. The first-order valence-electron chi connectivity index (χ1n) is 15.5. The van der Waals surface area contributed by atoms with Gasteiger partial charge in [-0.1, -0.05) is 136 Å². The fourth-order valence-electron chi connectivity index (χ4n) is 7.96. The Morgan fingerprint density at radius 3 is 2.35 bits per heavy atom. The number of hydrogen-bond donors (Lipinski definition) is 0. The summed E-state index contributed by atoms with van der Waals surface area (Å²) in [5, 5.41) is 4.37. The van der Waals surface area contributed by atoms with Crippen LogP contribution in [0.25, 0.3) is 11.6 Å². The van der Waals surface area contributed by atoms with E-state index in [9.17, 15) is 0 Å². The molecule has 0 radical (unpaired) electrons. The van der Waals surface area contributed by atoms with Gasteiger partial charge in [0, 0.05) is 11.0 Å². The van der Waals surface area contributed by atoms with Crippen LogP contribution < -0.4 is 20.4 Å². The van der Waals surface area contributed by atoms with E-state index in [1.54, 1.807) is 22.3 Å². The summed E-state index contributed by atoms with van der Waals surface area (Å²) in [6.45, 7) is 26.2. The van der Waals surface area contributed by atoms with Gasteiger partial charge < -0.3 is 4.74 Å². The van der Waals surface area contributed by atoms with E-state index in [1.807, 2.05) is 6.08 Å². The zero-order valence-electron chi connectivity index (χ0n) is 26.5. The minimum absolute atomic E-state index is 0.00994. The van der Waals surface area contributed by atoms with Gasteiger partial charge in [0.05, 0.1) is 0 Å². The summed E-state index contributed by atoms with van der Waals surface area (Å²) in [4.78, 5) is 0. The number of benzene rings is 2. The normalized spacial score (nSPS) is 21.2. The van der Waals surface area contributed by atoms with Gasteiger partial charge >= 0.3 is 0 Å². The zero-order chi connectivity index (χ0) is 29.1. The van der Waals surface area contributed by atoms with Gasteiger partial charge in [0.15, 0.2) is 0 Å². The van der Waals surface area contributed by atoms with Crippen molar-refractivity contribution in [3.8, 4) is 5.75 Å². The molecule has 0 bridgehead atoms. The second-order valence-corrected chi connectivity index (χ2v) is 19.5. The molecule has 5 rings (SSSR count). The Hall–Kier alpha value is -2.58. The summed E-state index contributed by atoms with van der Waals surface area (Å²) in [5.74, 6) is 1.06. The first-order chi connectivity index (χ1) is 18.8. The predicted molar refractivity (Wildman–Crippen MR) is 176 cm³/mol. The van der Waals surface area contributed by atoms with Crippen molar-refractivity contribution < 1.29 is 4.74 Å². The van der Waals surface area contributed by atoms with Crippen LogP contribution in [-0.4, -0.2) is 14.7 Å². The predicted octanol–water partition coefficient (Wildman–Crippen LogP) is 8.34. The molecule has 0 saturated carbocycles. The second-order valence-electron chi connectivity index (χ2n) is 14.7. The van der Waals surface area contributed by atoms with Crippen molar-refractivity contribution in [1.82, 2.24) is 0 Å². The van der Waals surface area contributed by atoms with Gasteiger partial charge in [0.25, 0.3) is 0 Å². The third kappa shape index (κ3) is 4.61. The minimum Gasteiger partial charge on any atom is -0.490 e. The lowest BCUT2D eigenvalue weighted by Gasteiger charge is -2.42. The molecule has 0 aliphatic heterocycles. The van der Waals surface area contributed by atoms with Crippen molar-refractivity contribution in [2.24, 2.45) is 10.8 Å². The topological polar surface area (TPSA) is 9.23 Å². The molecule has 3 aliphatic rings. The molecule has 1 nitrogen and oxygen atoms in total. The zero-order valence-corrected chi connectivity index (χ0v) is 27.5. The van der Waals surface area contributed by atoms with Crippen molar-refractivity contribution in [3.05, 3.63) is 93.9 Å². The molecule has 0 amide bonds. The van der Waals surface area contributed by atoms with Gasteiger partial charge in [-0.15, -0.1) is 0 Å². The number of ether oxygens (including phenoxy) is 1. The first kappa shape index (κ1) is 28.9. The van der Waals surface area contributed by atoms with Gasteiger partial charge in [-0.2, -0.15) is 0 Å². The molecular formula is C38H50OSi. The van der Waals surface area contributed by atoms with Crippen LogP contribution in [0.15, 0.2) is 77.9 Å². The smallest absolute Gasteiger partial charge is 0.119 e. The molecule has 1 atom stereocenters. The highest BCUT2D eigenvalue weighted by molar-refractivity contribution is 6.95. The monoisotopic (exact) mass is 550 g/mol. The molecule has 2 aromatic carbocycles. The fourth-order valence-corrected chi connectivity index (χ4v) is 13.1. The summed E-state index contributed by atoms with van der Waals surface area (Å²) in [5.41, 5.74) is 8.71. The molecule has 0 spiro atoms. The highest BCUT2D eigenvalue weighted by Crippen LogP contribution is 2.61. The maximum Gasteiger partial charge on any atom is 0.119 e. The summed E-state index contributed by atoms with van der Waals surface area (Å²) < 4.78 is 6.40.